The Bertz CT molecular complexity index is 877. The zero-order valence-corrected chi connectivity index (χ0v) is 12.0. The molecule has 0 saturated heterocycles. The Morgan fingerprint density at radius 1 is 0.958 bits per heavy atom. The third-order valence-corrected chi connectivity index (χ3v) is 2.81. The summed E-state index contributed by atoms with van der Waals surface area (Å²) in [5, 5.41) is 4.23. The highest BCUT2D eigenvalue weighted by Crippen LogP contribution is 2.23. The van der Waals surface area contributed by atoms with Crippen LogP contribution < -0.4 is 4.74 Å². The maximum absolute atomic E-state index is 12.1. The van der Waals surface area contributed by atoms with Gasteiger partial charge in [0.05, 0.1) is 11.9 Å². The van der Waals surface area contributed by atoms with Crippen LogP contribution >= 0.6 is 0 Å². The minimum atomic E-state index is -4.71. The predicted molar refractivity (Wildman–Crippen MR) is 78.3 cm³/mol. The highest BCUT2D eigenvalue weighted by molar-refractivity contribution is 5.39. The van der Waals surface area contributed by atoms with Crippen molar-refractivity contribution in [2.24, 2.45) is 0 Å². The van der Waals surface area contributed by atoms with Gasteiger partial charge in [-0.05, 0) is 42.2 Å². The van der Waals surface area contributed by atoms with Crippen molar-refractivity contribution in [3.63, 3.8) is 0 Å². The molecule has 0 unspecified atom stereocenters. The summed E-state index contributed by atoms with van der Waals surface area (Å²) in [4.78, 5) is 7.92. The molecule has 1 aromatic carbocycles. The second-order valence-corrected chi connectivity index (χ2v) is 4.53. The van der Waals surface area contributed by atoms with E-state index in [0.717, 1.165) is 0 Å². The van der Waals surface area contributed by atoms with E-state index in [9.17, 15) is 13.2 Å². The first-order valence-corrected chi connectivity index (χ1v) is 6.69. The average molecular weight is 330 g/mol. The number of rotatable bonds is 2. The predicted octanol–water partition coefficient (Wildman–Crippen LogP) is 2.96. The van der Waals surface area contributed by atoms with Crippen molar-refractivity contribution in [3.05, 3.63) is 66.5 Å². The fourth-order valence-electron chi connectivity index (χ4n) is 1.83. The van der Waals surface area contributed by atoms with Gasteiger partial charge in [0, 0.05) is 18.6 Å². The van der Waals surface area contributed by atoms with Gasteiger partial charge in [0.15, 0.2) is 0 Å². The molecule has 120 valence electrons. The summed E-state index contributed by atoms with van der Waals surface area (Å²) in [6.07, 6.45) is 1.55. The Morgan fingerprint density at radius 2 is 1.71 bits per heavy atom. The molecule has 0 N–H and O–H groups in total. The second kappa shape index (κ2) is 6.42. The fourth-order valence-corrected chi connectivity index (χ4v) is 1.83. The van der Waals surface area contributed by atoms with Crippen LogP contribution in [0, 0.1) is 11.8 Å². The molecular weight excluding hydrogens is 321 g/mol. The van der Waals surface area contributed by atoms with E-state index in [0.29, 0.717) is 17.1 Å². The average Bonchev–Trinajstić information content (AvgIpc) is 3.02. The van der Waals surface area contributed by atoms with Crippen molar-refractivity contribution in [1.82, 2.24) is 19.7 Å². The summed E-state index contributed by atoms with van der Waals surface area (Å²) in [7, 11) is 0. The van der Waals surface area contributed by atoms with Crippen molar-refractivity contribution in [2.75, 3.05) is 0 Å². The van der Waals surface area contributed by atoms with E-state index in [1.165, 1.54) is 41.3 Å². The number of halogens is 3. The van der Waals surface area contributed by atoms with Crippen LogP contribution in [-0.4, -0.2) is 26.1 Å². The minimum absolute atomic E-state index is 0.291. The molecule has 0 aliphatic heterocycles. The van der Waals surface area contributed by atoms with Crippen LogP contribution in [0.2, 0.25) is 0 Å². The van der Waals surface area contributed by atoms with Crippen molar-refractivity contribution < 1.29 is 17.9 Å². The largest absolute Gasteiger partial charge is 0.573 e. The molecule has 0 saturated carbocycles. The lowest BCUT2D eigenvalue weighted by Gasteiger charge is -2.09. The van der Waals surface area contributed by atoms with E-state index >= 15 is 0 Å². The van der Waals surface area contributed by atoms with Gasteiger partial charge in [-0.3, -0.25) is 4.98 Å². The lowest BCUT2D eigenvalue weighted by Crippen LogP contribution is -2.17. The number of benzene rings is 1. The van der Waals surface area contributed by atoms with Crippen LogP contribution in [0.15, 0.2) is 55.1 Å². The van der Waals surface area contributed by atoms with E-state index in [1.807, 2.05) is 0 Å². The Hall–Kier alpha value is -3.34. The summed E-state index contributed by atoms with van der Waals surface area (Å²) in [6, 6.07) is 7.05. The van der Waals surface area contributed by atoms with E-state index in [-0.39, 0.29) is 5.75 Å². The zero-order valence-electron chi connectivity index (χ0n) is 12.0. The molecule has 2 heterocycles. The molecule has 8 heteroatoms. The van der Waals surface area contributed by atoms with Crippen LogP contribution in [0.25, 0.3) is 5.69 Å². The second-order valence-electron chi connectivity index (χ2n) is 4.53. The summed E-state index contributed by atoms with van der Waals surface area (Å²) in [5.74, 6) is 5.36. The molecule has 5 nitrogen and oxygen atoms in total. The van der Waals surface area contributed by atoms with Gasteiger partial charge >= 0.3 is 6.36 Å². The summed E-state index contributed by atoms with van der Waals surface area (Å²) in [6.45, 7) is 0. The Labute approximate surface area is 134 Å². The lowest BCUT2D eigenvalue weighted by atomic mass is 10.3. The molecule has 3 rings (SSSR count). The molecule has 0 radical (unpaired) electrons. The Balaban J connectivity index is 1.75. The van der Waals surface area contributed by atoms with Crippen molar-refractivity contribution in [1.29, 1.82) is 0 Å². The quantitative estimate of drug-likeness (QED) is 0.678. The first-order chi connectivity index (χ1) is 11.5. The van der Waals surface area contributed by atoms with Gasteiger partial charge in [0.1, 0.15) is 17.1 Å². The molecule has 3 aromatic rings. The molecule has 0 amide bonds. The number of alkyl halides is 3. The molecule has 0 aliphatic carbocycles. The topological polar surface area (TPSA) is 52.8 Å². The highest BCUT2D eigenvalue weighted by Gasteiger charge is 2.30. The smallest absolute Gasteiger partial charge is 0.406 e. The highest BCUT2D eigenvalue weighted by atomic mass is 19.4. The first-order valence-electron chi connectivity index (χ1n) is 6.69. The third-order valence-electron chi connectivity index (χ3n) is 2.81. The first kappa shape index (κ1) is 15.6. The normalized spacial score (nSPS) is 10.8. The van der Waals surface area contributed by atoms with Crippen LogP contribution in [0.1, 0.15) is 11.4 Å². The standard InChI is InChI=1S/C16H9F3N4O/c17-16(18,19)24-15-5-3-14(4-6-15)23-10-7-12(22-23)1-2-13-11-20-8-9-21-13/h3-11H. The van der Waals surface area contributed by atoms with Gasteiger partial charge in [-0.2, -0.15) is 5.10 Å². The van der Waals surface area contributed by atoms with Crippen LogP contribution in [-0.2, 0) is 0 Å². The molecule has 0 spiro atoms. The molecular formula is C16H9F3N4O. The molecule has 0 aliphatic rings. The van der Waals surface area contributed by atoms with E-state index in [1.54, 1.807) is 18.5 Å². The molecule has 2 aromatic heterocycles. The maximum atomic E-state index is 12.1. The number of nitrogens with zero attached hydrogens (tertiary/aromatic N) is 4. The van der Waals surface area contributed by atoms with Crippen LogP contribution in [0.4, 0.5) is 13.2 Å². The maximum Gasteiger partial charge on any atom is 0.573 e. The zero-order chi connectivity index (χ0) is 17.0. The van der Waals surface area contributed by atoms with E-state index in [2.05, 4.69) is 31.6 Å². The Morgan fingerprint density at radius 3 is 2.38 bits per heavy atom. The van der Waals surface area contributed by atoms with E-state index < -0.39 is 6.36 Å². The van der Waals surface area contributed by atoms with E-state index in [4.69, 9.17) is 0 Å². The fraction of sp³-hybridized carbons (Fsp3) is 0.0625. The van der Waals surface area contributed by atoms with Crippen molar-refractivity contribution >= 4 is 0 Å². The number of aromatic nitrogens is 4. The monoisotopic (exact) mass is 330 g/mol. The molecule has 24 heavy (non-hydrogen) atoms. The van der Waals surface area contributed by atoms with Gasteiger partial charge in [-0.1, -0.05) is 0 Å². The van der Waals surface area contributed by atoms with Gasteiger partial charge in [-0.25, -0.2) is 9.67 Å². The summed E-state index contributed by atoms with van der Waals surface area (Å²) >= 11 is 0. The van der Waals surface area contributed by atoms with Crippen molar-refractivity contribution in [2.45, 2.75) is 6.36 Å². The third kappa shape index (κ3) is 4.10. The Kier molecular flexibility index (Phi) is 4.16. The lowest BCUT2D eigenvalue weighted by molar-refractivity contribution is -0.274. The van der Waals surface area contributed by atoms with Gasteiger partial charge < -0.3 is 4.74 Å². The van der Waals surface area contributed by atoms with Gasteiger partial charge in [0.25, 0.3) is 0 Å². The minimum Gasteiger partial charge on any atom is -0.406 e. The van der Waals surface area contributed by atoms with Crippen molar-refractivity contribution in [3.8, 4) is 23.3 Å². The van der Waals surface area contributed by atoms with Crippen LogP contribution in [0.3, 0.4) is 0 Å². The van der Waals surface area contributed by atoms with Crippen LogP contribution in [0.5, 0.6) is 5.75 Å². The van der Waals surface area contributed by atoms with Gasteiger partial charge in [-0.15, -0.1) is 13.2 Å². The molecule has 0 bridgehead atoms. The summed E-state index contributed by atoms with van der Waals surface area (Å²) in [5.41, 5.74) is 1.59. The SMILES string of the molecule is FC(F)(F)Oc1ccc(-n2ccc(C#Cc3cnccn3)n2)cc1. The number of ether oxygens (including phenoxy) is 1. The number of hydrogen-bond acceptors (Lipinski definition) is 4. The molecule has 0 fully saturated rings. The number of hydrogen-bond donors (Lipinski definition) is 0. The molecule has 0 atom stereocenters. The summed E-state index contributed by atoms with van der Waals surface area (Å²) < 4.78 is 41.7. The van der Waals surface area contributed by atoms with Gasteiger partial charge in [0.2, 0.25) is 0 Å².